The SMILES string of the molecule is COC1CCN(C(=O)CC2CCCCC2)C1. The van der Waals surface area contributed by atoms with Crippen LogP contribution in [0.5, 0.6) is 0 Å². The molecular weight excluding hydrogens is 202 g/mol. The number of amides is 1. The molecule has 2 rings (SSSR count). The van der Waals surface area contributed by atoms with Crippen molar-refractivity contribution in [3.63, 3.8) is 0 Å². The van der Waals surface area contributed by atoms with Crippen molar-refractivity contribution in [3.8, 4) is 0 Å². The summed E-state index contributed by atoms with van der Waals surface area (Å²) >= 11 is 0. The van der Waals surface area contributed by atoms with Gasteiger partial charge in [-0.25, -0.2) is 0 Å². The van der Waals surface area contributed by atoms with Gasteiger partial charge in [-0.15, -0.1) is 0 Å². The molecule has 0 radical (unpaired) electrons. The van der Waals surface area contributed by atoms with Gasteiger partial charge in [0.1, 0.15) is 0 Å². The van der Waals surface area contributed by atoms with Crippen molar-refractivity contribution < 1.29 is 9.53 Å². The lowest BCUT2D eigenvalue weighted by atomic mass is 9.87. The molecule has 3 heteroatoms. The number of hydrogen-bond acceptors (Lipinski definition) is 2. The topological polar surface area (TPSA) is 29.5 Å². The van der Waals surface area contributed by atoms with E-state index in [2.05, 4.69) is 0 Å². The second kappa shape index (κ2) is 5.67. The maximum absolute atomic E-state index is 12.0. The van der Waals surface area contributed by atoms with Crippen molar-refractivity contribution in [1.82, 2.24) is 4.90 Å². The van der Waals surface area contributed by atoms with Gasteiger partial charge >= 0.3 is 0 Å². The van der Waals surface area contributed by atoms with E-state index >= 15 is 0 Å². The fourth-order valence-electron chi connectivity index (χ4n) is 2.91. The summed E-state index contributed by atoms with van der Waals surface area (Å²) in [6.07, 6.45) is 8.57. The highest BCUT2D eigenvalue weighted by molar-refractivity contribution is 5.76. The lowest BCUT2D eigenvalue weighted by Crippen LogP contribution is -2.31. The molecule has 1 saturated carbocycles. The molecule has 0 N–H and O–H groups in total. The number of hydrogen-bond donors (Lipinski definition) is 0. The second-order valence-electron chi connectivity index (χ2n) is 5.19. The van der Waals surface area contributed by atoms with Gasteiger partial charge in [0.15, 0.2) is 0 Å². The monoisotopic (exact) mass is 225 g/mol. The van der Waals surface area contributed by atoms with Crippen molar-refractivity contribution in [2.75, 3.05) is 20.2 Å². The van der Waals surface area contributed by atoms with Crippen LogP contribution in [0, 0.1) is 5.92 Å². The summed E-state index contributed by atoms with van der Waals surface area (Å²) in [5.41, 5.74) is 0. The van der Waals surface area contributed by atoms with E-state index in [0.29, 0.717) is 11.8 Å². The van der Waals surface area contributed by atoms with Gasteiger partial charge in [0.05, 0.1) is 6.10 Å². The van der Waals surface area contributed by atoms with Crippen molar-refractivity contribution in [1.29, 1.82) is 0 Å². The van der Waals surface area contributed by atoms with E-state index < -0.39 is 0 Å². The van der Waals surface area contributed by atoms with Gasteiger partial charge in [-0.2, -0.15) is 0 Å². The van der Waals surface area contributed by atoms with Crippen LogP contribution in [0.15, 0.2) is 0 Å². The number of methoxy groups -OCH3 is 1. The fourth-order valence-corrected chi connectivity index (χ4v) is 2.91. The van der Waals surface area contributed by atoms with Crippen LogP contribution >= 0.6 is 0 Å². The Morgan fingerprint density at radius 3 is 2.62 bits per heavy atom. The average Bonchev–Trinajstić information content (AvgIpc) is 2.79. The molecule has 1 atom stereocenters. The first-order valence-corrected chi connectivity index (χ1v) is 6.60. The van der Waals surface area contributed by atoms with E-state index in [1.54, 1.807) is 7.11 Å². The summed E-state index contributed by atoms with van der Waals surface area (Å²) in [5.74, 6) is 1.01. The van der Waals surface area contributed by atoms with E-state index in [1.807, 2.05) is 4.90 Å². The number of rotatable bonds is 3. The molecule has 1 saturated heterocycles. The van der Waals surface area contributed by atoms with Crippen molar-refractivity contribution in [2.24, 2.45) is 5.92 Å². The predicted molar refractivity (Wildman–Crippen MR) is 63.2 cm³/mol. The first-order chi connectivity index (χ1) is 7.79. The molecule has 1 heterocycles. The summed E-state index contributed by atoms with van der Waals surface area (Å²) in [7, 11) is 1.74. The number of likely N-dealkylation sites (tertiary alicyclic amines) is 1. The van der Waals surface area contributed by atoms with Crippen LogP contribution in [0.25, 0.3) is 0 Å². The molecule has 1 aliphatic heterocycles. The molecule has 3 nitrogen and oxygen atoms in total. The normalized spacial score (nSPS) is 27.3. The molecule has 0 spiro atoms. The third-order valence-corrected chi connectivity index (χ3v) is 4.02. The maximum atomic E-state index is 12.0. The molecule has 1 amide bonds. The first-order valence-electron chi connectivity index (χ1n) is 6.60. The van der Waals surface area contributed by atoms with Gasteiger partial charge in [-0.3, -0.25) is 4.79 Å². The van der Waals surface area contributed by atoms with Crippen LogP contribution in [0.4, 0.5) is 0 Å². The molecule has 2 aliphatic rings. The van der Waals surface area contributed by atoms with Crippen LogP contribution < -0.4 is 0 Å². The van der Waals surface area contributed by atoms with E-state index in [-0.39, 0.29) is 6.10 Å². The van der Waals surface area contributed by atoms with Crippen LogP contribution in [0.3, 0.4) is 0 Å². The lowest BCUT2D eigenvalue weighted by Gasteiger charge is -2.24. The van der Waals surface area contributed by atoms with Gasteiger partial charge in [0.2, 0.25) is 5.91 Å². The number of ether oxygens (including phenoxy) is 1. The second-order valence-corrected chi connectivity index (χ2v) is 5.19. The highest BCUT2D eigenvalue weighted by Crippen LogP contribution is 2.27. The molecule has 0 aromatic rings. The smallest absolute Gasteiger partial charge is 0.222 e. The largest absolute Gasteiger partial charge is 0.380 e. The van der Waals surface area contributed by atoms with Gasteiger partial charge in [-0.05, 0) is 25.2 Å². The first kappa shape index (κ1) is 11.9. The lowest BCUT2D eigenvalue weighted by molar-refractivity contribution is -0.131. The minimum absolute atomic E-state index is 0.273. The Morgan fingerprint density at radius 2 is 2.00 bits per heavy atom. The predicted octanol–water partition coefficient (Wildman–Crippen LogP) is 2.20. The number of nitrogens with zero attached hydrogens (tertiary/aromatic N) is 1. The van der Waals surface area contributed by atoms with Crippen molar-refractivity contribution in [2.45, 2.75) is 51.0 Å². The van der Waals surface area contributed by atoms with Crippen molar-refractivity contribution in [3.05, 3.63) is 0 Å². The Morgan fingerprint density at radius 1 is 1.25 bits per heavy atom. The van der Waals surface area contributed by atoms with Crippen LogP contribution in [0.2, 0.25) is 0 Å². The number of carbonyl (C=O) groups excluding carboxylic acids is 1. The highest BCUT2D eigenvalue weighted by atomic mass is 16.5. The maximum Gasteiger partial charge on any atom is 0.222 e. The standard InChI is InChI=1S/C13H23NO2/c1-16-12-7-8-14(10-12)13(15)9-11-5-3-2-4-6-11/h11-12H,2-10H2,1H3. The van der Waals surface area contributed by atoms with Crippen LogP contribution in [-0.4, -0.2) is 37.1 Å². The summed E-state index contributed by atoms with van der Waals surface area (Å²) < 4.78 is 5.29. The third-order valence-electron chi connectivity index (χ3n) is 4.02. The summed E-state index contributed by atoms with van der Waals surface area (Å²) in [5, 5.41) is 0. The molecule has 1 unspecified atom stereocenters. The van der Waals surface area contributed by atoms with E-state index in [4.69, 9.17) is 4.74 Å². The van der Waals surface area contributed by atoms with E-state index in [1.165, 1.54) is 32.1 Å². The van der Waals surface area contributed by atoms with E-state index in [9.17, 15) is 4.79 Å². The molecule has 1 aliphatic carbocycles. The Labute approximate surface area is 98.1 Å². The molecule has 0 aromatic heterocycles. The zero-order valence-electron chi connectivity index (χ0n) is 10.3. The molecule has 16 heavy (non-hydrogen) atoms. The highest BCUT2D eigenvalue weighted by Gasteiger charge is 2.27. The summed E-state index contributed by atoms with van der Waals surface area (Å²) in [6, 6.07) is 0. The number of carbonyl (C=O) groups is 1. The van der Waals surface area contributed by atoms with Gasteiger partial charge < -0.3 is 9.64 Å². The summed E-state index contributed by atoms with van der Waals surface area (Å²) in [4.78, 5) is 14.0. The zero-order chi connectivity index (χ0) is 11.4. The summed E-state index contributed by atoms with van der Waals surface area (Å²) in [6.45, 7) is 1.70. The molecular formula is C13H23NO2. The minimum atomic E-state index is 0.273. The van der Waals surface area contributed by atoms with E-state index in [0.717, 1.165) is 25.9 Å². The molecule has 2 fully saturated rings. The zero-order valence-corrected chi connectivity index (χ0v) is 10.3. The molecule has 0 aromatic carbocycles. The Balaban J connectivity index is 1.75. The van der Waals surface area contributed by atoms with Crippen molar-refractivity contribution >= 4 is 5.91 Å². The Hall–Kier alpha value is -0.570. The van der Waals surface area contributed by atoms with Crippen LogP contribution in [-0.2, 0) is 9.53 Å². The van der Waals surface area contributed by atoms with Gasteiger partial charge in [0.25, 0.3) is 0 Å². The minimum Gasteiger partial charge on any atom is -0.380 e. The van der Waals surface area contributed by atoms with Crippen LogP contribution in [0.1, 0.15) is 44.9 Å². The average molecular weight is 225 g/mol. The van der Waals surface area contributed by atoms with Gasteiger partial charge in [-0.1, -0.05) is 19.3 Å². The van der Waals surface area contributed by atoms with Gasteiger partial charge in [0, 0.05) is 26.6 Å². The quantitative estimate of drug-likeness (QED) is 0.737. The molecule has 92 valence electrons. The third kappa shape index (κ3) is 2.97. The fraction of sp³-hybridized carbons (Fsp3) is 0.923. The Kier molecular flexibility index (Phi) is 4.22. The Bertz CT molecular complexity index is 236. The molecule has 0 bridgehead atoms.